The van der Waals surface area contributed by atoms with E-state index in [0.29, 0.717) is 22.1 Å². The van der Waals surface area contributed by atoms with Gasteiger partial charge in [-0.3, -0.25) is 4.57 Å². The molecule has 5 nitrogen and oxygen atoms in total. The van der Waals surface area contributed by atoms with E-state index in [9.17, 15) is 0 Å². The molecular weight excluding hydrogens is 463 g/mol. The van der Waals surface area contributed by atoms with Gasteiger partial charge in [-0.2, -0.15) is 0 Å². The van der Waals surface area contributed by atoms with E-state index in [0.717, 1.165) is 40.8 Å². The molecule has 0 aliphatic carbocycles. The molecule has 2 aromatic heterocycles. The number of hydrogen-bond acceptors (Lipinski definition) is 4. The van der Waals surface area contributed by atoms with Crippen LogP contribution in [0.1, 0.15) is 42.4 Å². The Morgan fingerprint density at radius 1 is 1.23 bits per heavy atom. The summed E-state index contributed by atoms with van der Waals surface area (Å²) in [5.41, 5.74) is 3.35. The fourth-order valence-electron chi connectivity index (χ4n) is 3.00. The molecule has 132 valence electrons. The summed E-state index contributed by atoms with van der Waals surface area (Å²) in [4.78, 5) is 13.4. The average Bonchev–Trinajstić information content (AvgIpc) is 2.97. The Kier molecular flexibility index (Phi) is 5.11. The van der Waals surface area contributed by atoms with E-state index >= 15 is 0 Å². The van der Waals surface area contributed by atoms with E-state index in [2.05, 4.69) is 49.4 Å². The number of nitrogens with zero attached hydrogens (tertiary/aromatic N) is 4. The largest absolute Gasteiger partial charge is 0.358 e. The lowest BCUT2D eigenvalue weighted by Crippen LogP contribution is -2.19. The summed E-state index contributed by atoms with van der Waals surface area (Å²) in [5.74, 6) is 6.51. The van der Waals surface area contributed by atoms with Gasteiger partial charge in [0.05, 0.1) is 0 Å². The van der Waals surface area contributed by atoms with Crippen LogP contribution in [-0.2, 0) is 4.74 Å². The predicted molar refractivity (Wildman–Crippen MR) is 109 cm³/mol. The highest BCUT2D eigenvalue weighted by Gasteiger charge is 2.23. The Balaban J connectivity index is 1.78. The molecule has 3 aromatic rings. The van der Waals surface area contributed by atoms with Crippen LogP contribution in [0.2, 0.25) is 5.15 Å². The lowest BCUT2D eigenvalue weighted by Gasteiger charge is -2.24. The van der Waals surface area contributed by atoms with E-state index in [1.807, 2.05) is 35.8 Å². The topological polar surface area (TPSA) is 52.8 Å². The Labute approximate surface area is 170 Å². The molecule has 0 N–H and O–H groups in total. The maximum atomic E-state index is 6.35. The predicted octanol–water partition coefficient (Wildman–Crippen LogP) is 4.49. The van der Waals surface area contributed by atoms with E-state index in [4.69, 9.17) is 16.3 Å². The van der Waals surface area contributed by atoms with Gasteiger partial charge < -0.3 is 4.74 Å². The first kappa shape index (κ1) is 17.7. The molecule has 1 aromatic carbocycles. The van der Waals surface area contributed by atoms with E-state index in [1.54, 1.807) is 0 Å². The highest BCUT2D eigenvalue weighted by atomic mass is 127. The minimum Gasteiger partial charge on any atom is -0.358 e. The zero-order valence-corrected chi connectivity index (χ0v) is 17.1. The number of ether oxygens (including phenoxy) is 1. The molecule has 1 aliphatic heterocycles. The number of benzene rings is 1. The molecule has 0 amide bonds. The van der Waals surface area contributed by atoms with Crippen LogP contribution >= 0.6 is 34.2 Å². The van der Waals surface area contributed by atoms with Crippen molar-refractivity contribution >= 4 is 45.4 Å². The lowest BCUT2D eigenvalue weighted by atomic mass is 10.1. The lowest BCUT2D eigenvalue weighted by molar-refractivity contribution is -0.0313. The van der Waals surface area contributed by atoms with Crippen molar-refractivity contribution in [3.05, 3.63) is 50.2 Å². The highest BCUT2D eigenvalue weighted by Crippen LogP contribution is 2.30. The average molecular weight is 479 g/mol. The smallest absolute Gasteiger partial charge is 0.208 e. The van der Waals surface area contributed by atoms with Gasteiger partial charge in [-0.05, 0) is 49.8 Å². The van der Waals surface area contributed by atoms with Crippen LogP contribution in [0.5, 0.6) is 0 Å². The number of hydrogen-bond donors (Lipinski definition) is 0. The molecule has 3 heterocycles. The van der Waals surface area contributed by atoms with Crippen LogP contribution in [0.25, 0.3) is 11.2 Å². The van der Waals surface area contributed by atoms with Gasteiger partial charge in [0.25, 0.3) is 0 Å². The van der Waals surface area contributed by atoms with Crippen molar-refractivity contribution in [1.29, 1.82) is 0 Å². The first-order valence-corrected chi connectivity index (χ1v) is 9.89. The van der Waals surface area contributed by atoms with Gasteiger partial charge in [0, 0.05) is 34.8 Å². The summed E-state index contributed by atoms with van der Waals surface area (Å²) in [6.07, 6.45) is 3.08. The summed E-state index contributed by atoms with van der Waals surface area (Å²) >= 11 is 8.54. The first-order valence-electron chi connectivity index (χ1n) is 8.43. The van der Waals surface area contributed by atoms with E-state index in [-0.39, 0.29) is 6.23 Å². The summed E-state index contributed by atoms with van der Waals surface area (Å²) in [6, 6.07) is 8.00. The number of fused-ring (bicyclic) bond motifs is 1. The Hall–Kier alpha value is -1.69. The van der Waals surface area contributed by atoms with Crippen molar-refractivity contribution in [2.24, 2.45) is 0 Å². The standard InChI is InChI=1S/C19H16ClIN4O/c1-12-5-4-6-13(11-12)8-9-14-22-17(20)16-18(23-14)25(19(21)24-16)15-7-2-3-10-26-15/h4-6,11,15H,2-3,7,10H2,1H3. The van der Waals surface area contributed by atoms with Crippen LogP contribution < -0.4 is 0 Å². The minimum atomic E-state index is -0.0656. The second kappa shape index (κ2) is 7.51. The zero-order valence-electron chi connectivity index (χ0n) is 14.2. The molecule has 1 unspecified atom stereocenters. The number of aryl methyl sites for hydroxylation is 1. The molecule has 0 spiro atoms. The molecule has 4 rings (SSSR count). The van der Waals surface area contributed by atoms with Crippen molar-refractivity contribution in [2.45, 2.75) is 32.4 Å². The van der Waals surface area contributed by atoms with Crippen molar-refractivity contribution in [3.8, 4) is 11.8 Å². The monoisotopic (exact) mass is 478 g/mol. The van der Waals surface area contributed by atoms with Gasteiger partial charge in [-0.15, -0.1) is 0 Å². The third-order valence-electron chi connectivity index (χ3n) is 4.23. The quantitative estimate of drug-likeness (QED) is 0.224. The van der Waals surface area contributed by atoms with Crippen LogP contribution in [0, 0.1) is 22.6 Å². The maximum Gasteiger partial charge on any atom is 0.208 e. The summed E-state index contributed by atoms with van der Waals surface area (Å²) in [5, 5.41) is 0.316. The molecule has 0 bridgehead atoms. The molecule has 0 saturated carbocycles. The number of imidazole rings is 1. The molecule has 1 aliphatic rings. The van der Waals surface area contributed by atoms with Gasteiger partial charge in [-0.25, -0.2) is 15.0 Å². The maximum absolute atomic E-state index is 6.35. The fraction of sp³-hybridized carbons (Fsp3) is 0.316. The second-order valence-corrected chi connectivity index (χ2v) is 7.52. The molecule has 26 heavy (non-hydrogen) atoms. The Morgan fingerprint density at radius 3 is 2.88 bits per heavy atom. The molecular formula is C19H16ClIN4O. The summed E-state index contributed by atoms with van der Waals surface area (Å²) < 4.78 is 8.71. The normalized spacial score (nSPS) is 17.1. The van der Waals surface area contributed by atoms with Gasteiger partial charge in [0.1, 0.15) is 11.7 Å². The second-order valence-electron chi connectivity index (χ2n) is 6.20. The van der Waals surface area contributed by atoms with Gasteiger partial charge in [0.15, 0.2) is 14.6 Å². The SMILES string of the molecule is Cc1cccc(C#Cc2nc(Cl)c3nc(I)n(C4CCCCO4)c3n2)c1. The fourth-order valence-corrected chi connectivity index (χ4v) is 3.99. The van der Waals surface area contributed by atoms with Crippen LogP contribution in [0.15, 0.2) is 24.3 Å². The molecule has 1 fully saturated rings. The minimum absolute atomic E-state index is 0.0656. The summed E-state index contributed by atoms with van der Waals surface area (Å²) in [7, 11) is 0. The van der Waals surface area contributed by atoms with Crippen LogP contribution in [0.4, 0.5) is 0 Å². The van der Waals surface area contributed by atoms with Gasteiger partial charge in [-0.1, -0.05) is 29.7 Å². The van der Waals surface area contributed by atoms with Crippen molar-refractivity contribution in [3.63, 3.8) is 0 Å². The van der Waals surface area contributed by atoms with Crippen molar-refractivity contribution in [1.82, 2.24) is 19.5 Å². The Bertz CT molecular complexity index is 1030. The molecule has 0 radical (unpaired) electrons. The third kappa shape index (κ3) is 3.56. The van der Waals surface area contributed by atoms with Gasteiger partial charge in [0.2, 0.25) is 5.82 Å². The summed E-state index contributed by atoms with van der Waals surface area (Å²) in [6.45, 7) is 2.79. The molecule has 7 heteroatoms. The van der Waals surface area contributed by atoms with E-state index in [1.165, 1.54) is 0 Å². The van der Waals surface area contributed by atoms with E-state index < -0.39 is 0 Å². The zero-order chi connectivity index (χ0) is 18.1. The number of aromatic nitrogens is 4. The van der Waals surface area contributed by atoms with Crippen molar-refractivity contribution < 1.29 is 4.74 Å². The van der Waals surface area contributed by atoms with Crippen LogP contribution in [0.3, 0.4) is 0 Å². The number of halogens is 2. The van der Waals surface area contributed by atoms with Crippen molar-refractivity contribution in [2.75, 3.05) is 6.61 Å². The Morgan fingerprint density at radius 2 is 2.12 bits per heavy atom. The third-order valence-corrected chi connectivity index (χ3v) is 5.26. The van der Waals surface area contributed by atoms with Crippen LogP contribution in [-0.4, -0.2) is 26.1 Å². The molecule has 1 saturated heterocycles. The van der Waals surface area contributed by atoms with Gasteiger partial charge >= 0.3 is 0 Å². The molecule has 1 atom stereocenters. The number of rotatable bonds is 1. The first-order chi connectivity index (χ1) is 12.6. The highest BCUT2D eigenvalue weighted by molar-refractivity contribution is 14.1.